The lowest BCUT2D eigenvalue weighted by Gasteiger charge is -2.18. The standard InChI is InChI=1S/C19H23NO5/c1-11(2)12-7-17(24-3)15(18(8-12)25-4)10-20-13-5-6-14(19(22)23)16(21)9-13/h5-9,11,20-21H,10H2,1-4H3,(H,22,23). The number of aromatic carboxylic acids is 1. The monoisotopic (exact) mass is 345 g/mol. The summed E-state index contributed by atoms with van der Waals surface area (Å²) in [4.78, 5) is 11.0. The third kappa shape index (κ3) is 4.15. The van der Waals surface area contributed by atoms with Crippen molar-refractivity contribution in [1.29, 1.82) is 0 Å². The first-order valence-corrected chi connectivity index (χ1v) is 7.92. The van der Waals surface area contributed by atoms with Gasteiger partial charge in [0.05, 0.1) is 19.8 Å². The van der Waals surface area contributed by atoms with E-state index in [9.17, 15) is 9.90 Å². The third-order valence-corrected chi connectivity index (χ3v) is 3.99. The maximum atomic E-state index is 11.0. The van der Waals surface area contributed by atoms with Crippen LogP contribution in [0, 0.1) is 0 Å². The van der Waals surface area contributed by atoms with E-state index in [1.54, 1.807) is 20.3 Å². The number of phenols is 1. The van der Waals surface area contributed by atoms with Gasteiger partial charge in [0, 0.05) is 18.3 Å². The van der Waals surface area contributed by atoms with E-state index in [-0.39, 0.29) is 11.3 Å². The molecule has 0 fully saturated rings. The molecule has 0 saturated heterocycles. The number of rotatable bonds is 7. The van der Waals surface area contributed by atoms with Crippen molar-refractivity contribution in [3.8, 4) is 17.2 Å². The van der Waals surface area contributed by atoms with Gasteiger partial charge >= 0.3 is 5.97 Å². The van der Waals surface area contributed by atoms with E-state index < -0.39 is 5.97 Å². The van der Waals surface area contributed by atoms with E-state index in [1.807, 2.05) is 12.1 Å². The lowest BCUT2D eigenvalue weighted by Crippen LogP contribution is -2.06. The molecular weight excluding hydrogens is 322 g/mol. The molecule has 0 bridgehead atoms. The molecule has 3 N–H and O–H groups in total. The zero-order valence-electron chi connectivity index (χ0n) is 14.8. The second-order valence-electron chi connectivity index (χ2n) is 5.95. The maximum Gasteiger partial charge on any atom is 0.339 e. The van der Waals surface area contributed by atoms with E-state index >= 15 is 0 Å². The van der Waals surface area contributed by atoms with Crippen LogP contribution in [0.3, 0.4) is 0 Å². The van der Waals surface area contributed by atoms with Gasteiger partial charge in [-0.15, -0.1) is 0 Å². The largest absolute Gasteiger partial charge is 0.507 e. The Bertz CT molecular complexity index is 745. The van der Waals surface area contributed by atoms with E-state index in [1.165, 1.54) is 12.1 Å². The number of aromatic hydroxyl groups is 1. The quantitative estimate of drug-likeness (QED) is 0.706. The highest BCUT2D eigenvalue weighted by Gasteiger charge is 2.15. The Morgan fingerprint density at radius 2 is 1.72 bits per heavy atom. The highest BCUT2D eigenvalue weighted by molar-refractivity contribution is 5.91. The summed E-state index contributed by atoms with van der Waals surface area (Å²) in [5.74, 6) is 0.303. The average molecular weight is 345 g/mol. The molecule has 0 saturated carbocycles. The highest BCUT2D eigenvalue weighted by Crippen LogP contribution is 2.34. The van der Waals surface area contributed by atoms with Crippen molar-refractivity contribution < 1.29 is 24.5 Å². The van der Waals surface area contributed by atoms with Gasteiger partial charge in [0.2, 0.25) is 0 Å². The van der Waals surface area contributed by atoms with Gasteiger partial charge in [-0.2, -0.15) is 0 Å². The summed E-state index contributed by atoms with van der Waals surface area (Å²) in [6.07, 6.45) is 0. The third-order valence-electron chi connectivity index (χ3n) is 3.99. The van der Waals surface area contributed by atoms with Gasteiger partial charge in [-0.25, -0.2) is 4.79 Å². The summed E-state index contributed by atoms with van der Waals surface area (Å²) in [5.41, 5.74) is 2.42. The molecule has 0 aliphatic rings. The molecule has 2 rings (SSSR count). The van der Waals surface area contributed by atoms with Crippen LogP contribution in [0.25, 0.3) is 0 Å². The summed E-state index contributed by atoms with van der Waals surface area (Å²) in [6, 6.07) is 8.30. The molecule has 2 aromatic carbocycles. The van der Waals surface area contributed by atoms with Crippen LogP contribution in [0.2, 0.25) is 0 Å². The van der Waals surface area contributed by atoms with Gasteiger partial charge in [-0.3, -0.25) is 0 Å². The molecule has 0 aromatic heterocycles. The van der Waals surface area contributed by atoms with Crippen molar-refractivity contribution in [3.05, 3.63) is 47.0 Å². The van der Waals surface area contributed by atoms with E-state index in [0.29, 0.717) is 29.6 Å². The zero-order valence-corrected chi connectivity index (χ0v) is 14.8. The predicted molar refractivity (Wildman–Crippen MR) is 96.0 cm³/mol. The minimum absolute atomic E-state index is 0.137. The first-order chi connectivity index (χ1) is 11.9. The van der Waals surface area contributed by atoms with E-state index in [2.05, 4.69) is 19.2 Å². The second-order valence-corrected chi connectivity index (χ2v) is 5.95. The minimum Gasteiger partial charge on any atom is -0.507 e. The smallest absolute Gasteiger partial charge is 0.339 e. The van der Waals surface area contributed by atoms with Crippen LogP contribution in [0.4, 0.5) is 5.69 Å². The molecular formula is C19H23NO5. The zero-order chi connectivity index (χ0) is 18.6. The number of carbonyl (C=O) groups is 1. The van der Waals surface area contributed by atoms with Gasteiger partial charge in [0.25, 0.3) is 0 Å². The fourth-order valence-corrected chi connectivity index (χ4v) is 2.52. The molecule has 0 unspecified atom stereocenters. The molecule has 0 heterocycles. The Morgan fingerprint density at radius 1 is 1.12 bits per heavy atom. The Hall–Kier alpha value is -2.89. The molecule has 25 heavy (non-hydrogen) atoms. The number of methoxy groups -OCH3 is 2. The van der Waals surface area contributed by atoms with Crippen molar-refractivity contribution in [2.45, 2.75) is 26.3 Å². The number of nitrogens with one attached hydrogen (secondary N) is 1. The predicted octanol–water partition coefficient (Wildman–Crippen LogP) is 3.84. The van der Waals surface area contributed by atoms with Crippen LogP contribution >= 0.6 is 0 Å². The maximum absolute atomic E-state index is 11.0. The normalized spacial score (nSPS) is 10.6. The molecule has 0 amide bonds. The first kappa shape index (κ1) is 18.4. The van der Waals surface area contributed by atoms with Crippen LogP contribution in [-0.4, -0.2) is 30.4 Å². The van der Waals surface area contributed by atoms with Crippen LogP contribution in [-0.2, 0) is 6.54 Å². The number of anilines is 1. The number of carboxylic acids is 1. The number of benzene rings is 2. The SMILES string of the molecule is COc1cc(C(C)C)cc(OC)c1CNc1ccc(C(=O)O)c(O)c1. The van der Waals surface area contributed by atoms with Gasteiger partial charge < -0.3 is 25.0 Å². The second kappa shape index (κ2) is 7.79. The number of hydrogen-bond donors (Lipinski definition) is 3. The number of ether oxygens (including phenoxy) is 2. The van der Waals surface area contributed by atoms with Crippen LogP contribution in [0.5, 0.6) is 17.2 Å². The number of carboxylic acid groups (broad SMARTS) is 1. The summed E-state index contributed by atoms with van der Waals surface area (Å²) in [5, 5.41) is 21.9. The highest BCUT2D eigenvalue weighted by atomic mass is 16.5. The Balaban J connectivity index is 2.28. The molecule has 134 valence electrons. The summed E-state index contributed by atoms with van der Waals surface area (Å²) in [7, 11) is 3.21. The molecule has 0 aliphatic heterocycles. The van der Waals surface area contributed by atoms with Crippen molar-refractivity contribution in [3.63, 3.8) is 0 Å². The van der Waals surface area contributed by atoms with Crippen LogP contribution in [0.15, 0.2) is 30.3 Å². The molecule has 0 atom stereocenters. The van der Waals surface area contributed by atoms with Gasteiger partial charge in [0.15, 0.2) is 0 Å². The molecule has 0 radical (unpaired) electrons. The van der Waals surface area contributed by atoms with Crippen molar-refractivity contribution in [2.75, 3.05) is 19.5 Å². The minimum atomic E-state index is -1.17. The lowest BCUT2D eigenvalue weighted by molar-refractivity contribution is 0.0694. The van der Waals surface area contributed by atoms with Crippen LogP contribution in [0.1, 0.15) is 41.3 Å². The average Bonchev–Trinajstić information content (AvgIpc) is 2.58. The van der Waals surface area contributed by atoms with Gasteiger partial charge in [0.1, 0.15) is 22.8 Å². The molecule has 0 aliphatic carbocycles. The number of hydrogen-bond acceptors (Lipinski definition) is 5. The van der Waals surface area contributed by atoms with Gasteiger partial charge in [-0.1, -0.05) is 13.8 Å². The van der Waals surface area contributed by atoms with E-state index in [4.69, 9.17) is 14.6 Å². The van der Waals surface area contributed by atoms with Crippen molar-refractivity contribution in [1.82, 2.24) is 0 Å². The summed E-state index contributed by atoms with van der Waals surface area (Å²) in [6.45, 7) is 4.59. The van der Waals surface area contributed by atoms with Crippen molar-refractivity contribution >= 4 is 11.7 Å². The molecule has 6 nitrogen and oxygen atoms in total. The molecule has 6 heteroatoms. The topological polar surface area (TPSA) is 88.0 Å². The fraction of sp³-hybridized carbons (Fsp3) is 0.316. The molecule has 2 aromatic rings. The lowest BCUT2D eigenvalue weighted by atomic mass is 9.99. The Labute approximate surface area is 147 Å². The van der Waals surface area contributed by atoms with Crippen molar-refractivity contribution in [2.24, 2.45) is 0 Å². The molecule has 0 spiro atoms. The van der Waals surface area contributed by atoms with E-state index in [0.717, 1.165) is 11.1 Å². The Kier molecular flexibility index (Phi) is 5.75. The summed E-state index contributed by atoms with van der Waals surface area (Å²) >= 11 is 0. The van der Waals surface area contributed by atoms with Crippen LogP contribution < -0.4 is 14.8 Å². The Morgan fingerprint density at radius 3 is 2.16 bits per heavy atom. The first-order valence-electron chi connectivity index (χ1n) is 7.92. The fourth-order valence-electron chi connectivity index (χ4n) is 2.52. The summed E-state index contributed by atoms with van der Waals surface area (Å²) < 4.78 is 11.0. The van der Waals surface area contributed by atoms with Gasteiger partial charge in [-0.05, 0) is 35.7 Å².